The highest BCUT2D eigenvalue weighted by molar-refractivity contribution is 6.31. The number of hydrogen-bond acceptors (Lipinski definition) is 4. The van der Waals surface area contributed by atoms with Crippen molar-refractivity contribution < 1.29 is 27.6 Å². The fraction of sp³-hybridized carbons (Fsp3) is 0.500. The summed E-state index contributed by atoms with van der Waals surface area (Å²) < 4.78 is 37.9. The minimum absolute atomic E-state index is 0.0198. The van der Waals surface area contributed by atoms with Crippen molar-refractivity contribution in [3.63, 3.8) is 0 Å². The zero-order chi connectivity index (χ0) is 20.0. The molecule has 2 rings (SSSR count). The Bertz CT molecular complexity index is 697. The highest BCUT2D eigenvalue weighted by atomic mass is 19.4. The second-order valence-electron chi connectivity index (χ2n) is 6.82. The van der Waals surface area contributed by atoms with Crippen LogP contribution in [-0.4, -0.2) is 42.6 Å². The van der Waals surface area contributed by atoms with E-state index in [9.17, 15) is 22.8 Å². The summed E-state index contributed by atoms with van der Waals surface area (Å²) in [5, 5.41) is 5.66. The number of alkyl halides is 3. The Hall–Kier alpha value is -2.58. The van der Waals surface area contributed by atoms with Gasteiger partial charge in [0.15, 0.2) is 6.61 Å². The zero-order valence-electron chi connectivity index (χ0n) is 15.1. The summed E-state index contributed by atoms with van der Waals surface area (Å²) in [6.45, 7) is 5.17. The lowest BCUT2D eigenvalue weighted by atomic mass is 9.92. The van der Waals surface area contributed by atoms with Crippen LogP contribution < -0.4 is 5.32 Å². The standard InChI is InChI=1S/C18H22F3N3O3/c1-12-6-13(2)10-24(9-12)17(26)11-27-22-8-16(25)23-15-5-3-4-14(7-15)18(19,20)21/h3-5,7-8,12-13H,6,9-11H2,1-2H3,(H,23,25)/b22-8-/t12-,13+. The number of nitrogens with one attached hydrogen (secondary N) is 1. The first-order valence-electron chi connectivity index (χ1n) is 8.56. The summed E-state index contributed by atoms with van der Waals surface area (Å²) >= 11 is 0. The molecule has 0 radical (unpaired) electrons. The maximum absolute atomic E-state index is 12.6. The van der Waals surface area contributed by atoms with Gasteiger partial charge in [-0.2, -0.15) is 13.2 Å². The number of amides is 2. The third-order valence-electron chi connectivity index (χ3n) is 4.11. The molecule has 1 aliphatic rings. The molecule has 27 heavy (non-hydrogen) atoms. The number of benzene rings is 1. The molecule has 9 heteroatoms. The number of oxime groups is 1. The van der Waals surface area contributed by atoms with E-state index >= 15 is 0 Å². The average molecular weight is 385 g/mol. The molecular weight excluding hydrogens is 363 g/mol. The predicted octanol–water partition coefficient (Wildman–Crippen LogP) is 3.15. The SMILES string of the molecule is C[C@@H]1C[C@H](C)CN(C(=O)CO/N=C\C(=O)Nc2cccc(C(F)(F)F)c2)C1. The number of rotatable bonds is 5. The summed E-state index contributed by atoms with van der Waals surface area (Å²) in [6.07, 6.45) is -2.66. The van der Waals surface area contributed by atoms with Crippen LogP contribution in [0.2, 0.25) is 0 Å². The Labute approximate surface area is 155 Å². The third kappa shape index (κ3) is 6.58. The van der Waals surface area contributed by atoms with Crippen molar-refractivity contribution in [1.82, 2.24) is 4.90 Å². The van der Waals surface area contributed by atoms with E-state index in [0.717, 1.165) is 24.8 Å². The van der Waals surface area contributed by atoms with Gasteiger partial charge in [0, 0.05) is 18.8 Å². The molecule has 0 unspecified atom stereocenters. The molecule has 6 nitrogen and oxygen atoms in total. The topological polar surface area (TPSA) is 71.0 Å². The second-order valence-corrected chi connectivity index (χ2v) is 6.82. The molecule has 0 saturated carbocycles. The van der Waals surface area contributed by atoms with Crippen LogP contribution >= 0.6 is 0 Å². The van der Waals surface area contributed by atoms with Gasteiger partial charge in [-0.15, -0.1) is 0 Å². The molecule has 2 amide bonds. The summed E-state index contributed by atoms with van der Waals surface area (Å²) in [7, 11) is 0. The molecule has 148 valence electrons. The summed E-state index contributed by atoms with van der Waals surface area (Å²) in [6, 6.07) is 4.23. The van der Waals surface area contributed by atoms with E-state index in [1.165, 1.54) is 12.1 Å². The van der Waals surface area contributed by atoms with Gasteiger partial charge in [0.05, 0.1) is 5.56 Å². The largest absolute Gasteiger partial charge is 0.416 e. The van der Waals surface area contributed by atoms with Crippen molar-refractivity contribution in [2.75, 3.05) is 25.0 Å². The number of halogens is 3. The van der Waals surface area contributed by atoms with Crippen LogP contribution in [0.25, 0.3) is 0 Å². The predicted molar refractivity (Wildman–Crippen MR) is 94.0 cm³/mol. The molecule has 0 aromatic heterocycles. The van der Waals surface area contributed by atoms with E-state index in [4.69, 9.17) is 4.84 Å². The highest BCUT2D eigenvalue weighted by Gasteiger charge is 2.30. The van der Waals surface area contributed by atoms with Gasteiger partial charge in [-0.25, -0.2) is 0 Å². The highest BCUT2D eigenvalue weighted by Crippen LogP contribution is 2.30. The van der Waals surface area contributed by atoms with Crippen molar-refractivity contribution in [1.29, 1.82) is 0 Å². The molecule has 1 aliphatic heterocycles. The van der Waals surface area contributed by atoms with E-state index in [-0.39, 0.29) is 18.2 Å². The van der Waals surface area contributed by atoms with E-state index < -0.39 is 17.6 Å². The van der Waals surface area contributed by atoms with E-state index in [0.29, 0.717) is 24.9 Å². The summed E-state index contributed by atoms with van der Waals surface area (Å²) in [5.41, 5.74) is -0.891. The van der Waals surface area contributed by atoms with Crippen molar-refractivity contribution in [2.24, 2.45) is 17.0 Å². The van der Waals surface area contributed by atoms with Crippen molar-refractivity contribution in [2.45, 2.75) is 26.4 Å². The van der Waals surface area contributed by atoms with E-state index in [1.807, 2.05) is 0 Å². The first-order valence-corrected chi connectivity index (χ1v) is 8.56. The minimum Gasteiger partial charge on any atom is -0.386 e. The van der Waals surface area contributed by atoms with E-state index in [2.05, 4.69) is 24.3 Å². The maximum Gasteiger partial charge on any atom is 0.416 e. The smallest absolute Gasteiger partial charge is 0.386 e. The second kappa shape index (κ2) is 8.88. The van der Waals surface area contributed by atoms with Gasteiger partial charge in [0.1, 0.15) is 6.21 Å². The maximum atomic E-state index is 12.6. The van der Waals surface area contributed by atoms with Crippen molar-refractivity contribution >= 4 is 23.7 Å². The number of nitrogens with zero attached hydrogens (tertiary/aromatic N) is 2. The van der Waals surface area contributed by atoms with Crippen LogP contribution in [0.15, 0.2) is 29.4 Å². The normalized spacial score (nSPS) is 20.6. The lowest BCUT2D eigenvalue weighted by Crippen LogP contribution is -2.44. The number of piperidine rings is 1. The van der Waals surface area contributed by atoms with Crippen LogP contribution in [0, 0.1) is 11.8 Å². The summed E-state index contributed by atoms with van der Waals surface area (Å²) in [4.78, 5) is 30.3. The number of hydrogen-bond donors (Lipinski definition) is 1. The lowest BCUT2D eigenvalue weighted by Gasteiger charge is -2.34. The molecule has 0 bridgehead atoms. The Morgan fingerprint density at radius 1 is 1.30 bits per heavy atom. The van der Waals surface area contributed by atoms with Gasteiger partial charge in [-0.1, -0.05) is 25.1 Å². The molecule has 2 atom stereocenters. The molecule has 1 heterocycles. The van der Waals surface area contributed by atoms with Crippen LogP contribution in [0.3, 0.4) is 0 Å². The molecule has 0 spiro atoms. The Kier molecular flexibility index (Phi) is 6.81. The van der Waals surface area contributed by atoms with Gasteiger partial charge in [-0.05, 0) is 36.5 Å². The van der Waals surface area contributed by atoms with Gasteiger partial charge in [0.2, 0.25) is 0 Å². The van der Waals surface area contributed by atoms with Gasteiger partial charge >= 0.3 is 6.18 Å². The fourth-order valence-electron chi connectivity index (χ4n) is 3.08. The first-order chi connectivity index (χ1) is 12.6. The third-order valence-corrected chi connectivity index (χ3v) is 4.11. The van der Waals surface area contributed by atoms with Crippen LogP contribution in [0.4, 0.5) is 18.9 Å². The van der Waals surface area contributed by atoms with Gasteiger partial charge in [-0.3, -0.25) is 9.59 Å². The van der Waals surface area contributed by atoms with Gasteiger partial charge < -0.3 is 15.1 Å². The Balaban J connectivity index is 1.79. The molecule has 0 aliphatic carbocycles. The molecule has 1 aromatic rings. The molecular formula is C18H22F3N3O3. The first kappa shape index (κ1) is 20.7. The quantitative estimate of drug-likeness (QED) is 0.625. The van der Waals surface area contributed by atoms with Crippen LogP contribution in [0.1, 0.15) is 25.8 Å². The van der Waals surface area contributed by atoms with Gasteiger partial charge in [0.25, 0.3) is 11.8 Å². The Morgan fingerprint density at radius 3 is 2.59 bits per heavy atom. The van der Waals surface area contributed by atoms with Crippen LogP contribution in [-0.2, 0) is 20.6 Å². The number of carbonyl (C=O) groups excluding carboxylic acids is 2. The number of likely N-dealkylation sites (tertiary alicyclic amines) is 1. The average Bonchev–Trinajstić information content (AvgIpc) is 2.57. The molecule has 1 saturated heterocycles. The zero-order valence-corrected chi connectivity index (χ0v) is 15.1. The molecule has 1 aromatic carbocycles. The monoisotopic (exact) mass is 385 g/mol. The van der Waals surface area contributed by atoms with E-state index in [1.54, 1.807) is 4.90 Å². The number of anilines is 1. The van der Waals surface area contributed by atoms with Crippen molar-refractivity contribution in [3.8, 4) is 0 Å². The summed E-state index contributed by atoms with van der Waals surface area (Å²) in [5.74, 6) is -0.148. The van der Waals surface area contributed by atoms with Crippen LogP contribution in [0.5, 0.6) is 0 Å². The van der Waals surface area contributed by atoms with Crippen molar-refractivity contribution in [3.05, 3.63) is 29.8 Å². The minimum atomic E-state index is -4.50. The number of carbonyl (C=O) groups is 2. The Morgan fingerprint density at radius 2 is 1.96 bits per heavy atom. The molecule has 1 fully saturated rings. The fourth-order valence-corrected chi connectivity index (χ4v) is 3.08. The molecule has 1 N–H and O–H groups in total. The lowest BCUT2D eigenvalue weighted by molar-refractivity contribution is -0.139.